The summed E-state index contributed by atoms with van der Waals surface area (Å²) in [5, 5.41) is 24.7. The number of carbonyl (C=O) groups excluding carboxylic acids is 2. The van der Waals surface area contributed by atoms with E-state index in [9.17, 15) is 19.8 Å². The smallest absolute Gasteiger partial charge is 0.270 e. The average Bonchev–Trinajstić information content (AvgIpc) is 2.58. The zero-order valence-corrected chi connectivity index (χ0v) is 15.2. The molecular weight excluding hydrogens is 358 g/mol. The van der Waals surface area contributed by atoms with Crippen LogP contribution in [0.2, 0.25) is 5.02 Å². The Morgan fingerprint density at radius 2 is 1.96 bits per heavy atom. The number of aliphatic hydroxyl groups excluding tert-OH is 1. The van der Waals surface area contributed by atoms with Crippen molar-refractivity contribution in [2.24, 2.45) is 0 Å². The van der Waals surface area contributed by atoms with Gasteiger partial charge < -0.3 is 20.8 Å². The number of carbonyl (C=O) groups is 2. The predicted octanol–water partition coefficient (Wildman–Crippen LogP) is 2.12. The molecule has 0 spiro atoms. The normalized spacial score (nSPS) is 11.1. The lowest BCUT2D eigenvalue weighted by Gasteiger charge is -2.23. The predicted molar refractivity (Wildman–Crippen MR) is 98.3 cm³/mol. The SMILES string of the molecule is CC(C)(CO)NC(=O)c1cc(NC(=O)Cc2cc(Cl)ccc2O)ccn1. The van der Waals surface area contributed by atoms with Crippen molar-refractivity contribution in [3.8, 4) is 5.75 Å². The highest BCUT2D eigenvalue weighted by atomic mass is 35.5. The average molecular weight is 378 g/mol. The Hall–Kier alpha value is -2.64. The minimum absolute atomic E-state index is 0.0226. The van der Waals surface area contributed by atoms with Crippen LogP contribution < -0.4 is 10.6 Å². The number of hydrogen-bond acceptors (Lipinski definition) is 5. The molecule has 0 fully saturated rings. The highest BCUT2D eigenvalue weighted by Crippen LogP contribution is 2.22. The van der Waals surface area contributed by atoms with E-state index in [4.69, 9.17) is 11.6 Å². The number of nitrogens with zero attached hydrogens (tertiary/aromatic N) is 1. The number of pyridine rings is 1. The molecule has 26 heavy (non-hydrogen) atoms. The first-order valence-corrected chi connectivity index (χ1v) is 8.24. The highest BCUT2D eigenvalue weighted by molar-refractivity contribution is 6.30. The minimum Gasteiger partial charge on any atom is -0.508 e. The van der Waals surface area contributed by atoms with Gasteiger partial charge in [-0.2, -0.15) is 0 Å². The van der Waals surface area contributed by atoms with Gasteiger partial charge in [-0.05, 0) is 44.2 Å². The lowest BCUT2D eigenvalue weighted by atomic mass is 10.1. The summed E-state index contributed by atoms with van der Waals surface area (Å²) in [6.45, 7) is 3.13. The van der Waals surface area contributed by atoms with Crippen LogP contribution >= 0.6 is 11.6 Å². The molecule has 0 saturated heterocycles. The van der Waals surface area contributed by atoms with Crippen molar-refractivity contribution in [3.05, 3.63) is 52.8 Å². The molecule has 0 atom stereocenters. The number of aromatic nitrogens is 1. The topological polar surface area (TPSA) is 112 Å². The Labute approximate surface area is 156 Å². The van der Waals surface area contributed by atoms with Gasteiger partial charge in [0.2, 0.25) is 5.91 Å². The molecule has 1 heterocycles. The fourth-order valence-electron chi connectivity index (χ4n) is 2.12. The van der Waals surface area contributed by atoms with E-state index in [0.29, 0.717) is 16.3 Å². The Bertz CT molecular complexity index is 824. The van der Waals surface area contributed by atoms with Gasteiger partial charge in [0.25, 0.3) is 5.91 Å². The second-order valence-corrected chi connectivity index (χ2v) is 6.86. The van der Waals surface area contributed by atoms with Crippen LogP contribution in [0.1, 0.15) is 29.9 Å². The lowest BCUT2D eigenvalue weighted by Crippen LogP contribution is -2.46. The summed E-state index contributed by atoms with van der Waals surface area (Å²) in [6, 6.07) is 7.43. The largest absolute Gasteiger partial charge is 0.508 e. The van der Waals surface area contributed by atoms with Gasteiger partial charge in [-0.15, -0.1) is 0 Å². The molecule has 2 rings (SSSR count). The van der Waals surface area contributed by atoms with Crippen LogP contribution in [0, 0.1) is 0 Å². The van der Waals surface area contributed by atoms with Crippen molar-refractivity contribution in [2.45, 2.75) is 25.8 Å². The zero-order chi connectivity index (χ0) is 19.3. The Balaban J connectivity index is 2.07. The zero-order valence-electron chi connectivity index (χ0n) is 14.4. The van der Waals surface area contributed by atoms with Crippen LogP contribution in [0.5, 0.6) is 5.75 Å². The van der Waals surface area contributed by atoms with Crippen LogP contribution in [0.4, 0.5) is 5.69 Å². The Morgan fingerprint density at radius 3 is 2.65 bits per heavy atom. The third kappa shape index (κ3) is 5.44. The molecule has 138 valence electrons. The van der Waals surface area contributed by atoms with Gasteiger partial charge in [0.1, 0.15) is 11.4 Å². The molecule has 2 amide bonds. The number of rotatable bonds is 6. The maximum atomic E-state index is 12.2. The van der Waals surface area contributed by atoms with Gasteiger partial charge in [-0.25, -0.2) is 0 Å². The van der Waals surface area contributed by atoms with E-state index in [1.54, 1.807) is 19.9 Å². The van der Waals surface area contributed by atoms with Crippen LogP contribution in [0.25, 0.3) is 0 Å². The summed E-state index contributed by atoms with van der Waals surface area (Å²) in [5.74, 6) is -0.867. The third-order valence-electron chi connectivity index (χ3n) is 3.52. The summed E-state index contributed by atoms with van der Waals surface area (Å²) in [4.78, 5) is 28.3. The molecule has 0 unspecified atom stereocenters. The fraction of sp³-hybridized carbons (Fsp3) is 0.278. The number of amides is 2. The number of aromatic hydroxyl groups is 1. The molecular formula is C18H20ClN3O4. The second-order valence-electron chi connectivity index (χ2n) is 6.42. The van der Waals surface area contributed by atoms with Crippen molar-refractivity contribution in [1.82, 2.24) is 10.3 Å². The molecule has 4 N–H and O–H groups in total. The van der Waals surface area contributed by atoms with E-state index in [1.807, 2.05) is 0 Å². The third-order valence-corrected chi connectivity index (χ3v) is 3.75. The van der Waals surface area contributed by atoms with Gasteiger partial charge in [0, 0.05) is 22.5 Å². The first kappa shape index (κ1) is 19.7. The second kappa shape index (κ2) is 8.16. The number of hydrogen-bond donors (Lipinski definition) is 4. The number of aliphatic hydroxyl groups is 1. The molecule has 0 bridgehead atoms. The van der Waals surface area contributed by atoms with E-state index in [-0.39, 0.29) is 30.4 Å². The van der Waals surface area contributed by atoms with Crippen LogP contribution in [-0.4, -0.2) is 39.2 Å². The van der Waals surface area contributed by atoms with E-state index in [2.05, 4.69) is 15.6 Å². The molecule has 8 heteroatoms. The Morgan fingerprint density at radius 1 is 1.23 bits per heavy atom. The Kier molecular flexibility index (Phi) is 6.18. The molecule has 0 aliphatic carbocycles. The van der Waals surface area contributed by atoms with Crippen molar-refractivity contribution in [1.29, 1.82) is 0 Å². The monoisotopic (exact) mass is 377 g/mol. The van der Waals surface area contributed by atoms with Gasteiger partial charge in [0.05, 0.1) is 18.6 Å². The quantitative estimate of drug-likeness (QED) is 0.616. The molecule has 0 radical (unpaired) electrons. The maximum absolute atomic E-state index is 12.2. The number of benzene rings is 1. The van der Waals surface area contributed by atoms with Crippen LogP contribution in [0.15, 0.2) is 36.5 Å². The number of anilines is 1. The minimum atomic E-state index is -0.790. The van der Waals surface area contributed by atoms with E-state index in [0.717, 1.165) is 0 Å². The number of halogens is 1. The van der Waals surface area contributed by atoms with E-state index >= 15 is 0 Å². The number of phenols is 1. The van der Waals surface area contributed by atoms with Crippen molar-refractivity contribution in [3.63, 3.8) is 0 Å². The standard InChI is InChI=1S/C18H20ClN3O4/c1-18(2,10-23)22-17(26)14-9-13(5-6-20-14)21-16(25)8-11-7-12(19)3-4-15(11)24/h3-7,9,23-24H,8,10H2,1-2H3,(H,22,26)(H,20,21,25). The summed E-state index contributed by atoms with van der Waals surface area (Å²) in [7, 11) is 0. The summed E-state index contributed by atoms with van der Waals surface area (Å²) < 4.78 is 0. The van der Waals surface area contributed by atoms with Crippen LogP contribution in [-0.2, 0) is 11.2 Å². The van der Waals surface area contributed by atoms with Gasteiger partial charge in [0.15, 0.2) is 0 Å². The first-order valence-electron chi connectivity index (χ1n) is 7.87. The van der Waals surface area contributed by atoms with Crippen molar-refractivity contribution >= 4 is 29.1 Å². The molecule has 7 nitrogen and oxygen atoms in total. The lowest BCUT2D eigenvalue weighted by molar-refractivity contribution is -0.115. The van der Waals surface area contributed by atoms with Crippen LogP contribution in [0.3, 0.4) is 0 Å². The van der Waals surface area contributed by atoms with Gasteiger partial charge in [-0.1, -0.05) is 11.6 Å². The summed E-state index contributed by atoms with van der Waals surface area (Å²) in [6.07, 6.45) is 1.32. The summed E-state index contributed by atoms with van der Waals surface area (Å²) >= 11 is 5.87. The van der Waals surface area contributed by atoms with Gasteiger partial charge in [-0.3, -0.25) is 14.6 Å². The van der Waals surface area contributed by atoms with Crippen molar-refractivity contribution < 1.29 is 19.8 Å². The summed E-state index contributed by atoms with van der Waals surface area (Å²) in [5.41, 5.74) is 0.0994. The van der Waals surface area contributed by atoms with Gasteiger partial charge >= 0.3 is 0 Å². The first-order chi connectivity index (χ1) is 12.2. The molecule has 1 aromatic heterocycles. The van der Waals surface area contributed by atoms with E-state index < -0.39 is 11.4 Å². The molecule has 1 aromatic carbocycles. The molecule has 2 aromatic rings. The van der Waals surface area contributed by atoms with Crippen molar-refractivity contribution in [2.75, 3.05) is 11.9 Å². The highest BCUT2D eigenvalue weighted by Gasteiger charge is 2.21. The van der Waals surface area contributed by atoms with E-state index in [1.165, 1.54) is 30.5 Å². The molecule has 0 aliphatic heterocycles. The number of nitrogens with one attached hydrogen (secondary N) is 2. The fourth-order valence-corrected chi connectivity index (χ4v) is 2.31. The number of phenolic OH excluding ortho intramolecular Hbond substituents is 1. The maximum Gasteiger partial charge on any atom is 0.270 e. The molecule has 0 aliphatic rings. The molecule has 0 saturated carbocycles.